The van der Waals surface area contributed by atoms with Crippen LogP contribution in [0.4, 0.5) is 0 Å². The molecule has 2 aliphatic heterocycles. The molecule has 0 radical (unpaired) electrons. The number of hydrogen-bond donors (Lipinski definition) is 1. The third-order valence-corrected chi connectivity index (χ3v) is 4.49. The van der Waals surface area contributed by atoms with Gasteiger partial charge in [-0.3, -0.25) is 0 Å². The summed E-state index contributed by atoms with van der Waals surface area (Å²) in [5.74, 6) is 1.07. The number of benzene rings is 1. The van der Waals surface area contributed by atoms with Crippen LogP contribution in [-0.2, 0) is 11.2 Å². The van der Waals surface area contributed by atoms with Crippen molar-refractivity contribution in [1.82, 2.24) is 5.32 Å². The van der Waals surface area contributed by atoms with E-state index in [2.05, 4.69) is 37.4 Å². The Labute approximate surface area is 128 Å². The molecule has 3 unspecified atom stereocenters. The minimum Gasteiger partial charge on any atom is -0.490 e. The van der Waals surface area contributed by atoms with Gasteiger partial charge < -0.3 is 14.8 Å². The van der Waals surface area contributed by atoms with Crippen LogP contribution in [0.1, 0.15) is 56.7 Å². The molecule has 1 aromatic carbocycles. The van der Waals surface area contributed by atoms with E-state index in [-0.39, 0.29) is 0 Å². The fourth-order valence-corrected chi connectivity index (χ4v) is 3.41. The first-order valence-electron chi connectivity index (χ1n) is 8.40. The zero-order valence-electron chi connectivity index (χ0n) is 13.2. The Morgan fingerprint density at radius 3 is 3.05 bits per heavy atom. The van der Waals surface area contributed by atoms with Crippen molar-refractivity contribution in [3.05, 3.63) is 29.3 Å². The van der Waals surface area contributed by atoms with E-state index in [0.717, 1.165) is 38.2 Å². The Hall–Kier alpha value is -1.06. The molecule has 2 heterocycles. The molecule has 0 bridgehead atoms. The average Bonchev–Trinajstić information content (AvgIpc) is 3.10. The Bertz CT molecular complexity index is 468. The number of hydrogen-bond acceptors (Lipinski definition) is 3. The molecule has 0 spiro atoms. The molecule has 3 nitrogen and oxygen atoms in total. The predicted molar refractivity (Wildman–Crippen MR) is 84.9 cm³/mol. The first-order valence-corrected chi connectivity index (χ1v) is 8.40. The fourth-order valence-electron chi connectivity index (χ4n) is 3.41. The van der Waals surface area contributed by atoms with Gasteiger partial charge in [-0.15, -0.1) is 0 Å². The highest BCUT2D eigenvalue weighted by atomic mass is 16.5. The van der Waals surface area contributed by atoms with Crippen LogP contribution in [0.15, 0.2) is 18.2 Å². The van der Waals surface area contributed by atoms with Crippen molar-refractivity contribution in [3.8, 4) is 5.75 Å². The van der Waals surface area contributed by atoms with Gasteiger partial charge >= 0.3 is 0 Å². The highest BCUT2D eigenvalue weighted by molar-refractivity contribution is 5.41. The standard InChI is InChI=1S/C18H27NO2/c1-3-8-19-17(12-16-5-4-9-20-16)14-6-7-18-15(11-14)10-13(2)21-18/h6-7,11,13,16-17,19H,3-5,8-10,12H2,1-2H3. The summed E-state index contributed by atoms with van der Waals surface area (Å²) >= 11 is 0. The van der Waals surface area contributed by atoms with Gasteiger partial charge in [-0.2, -0.15) is 0 Å². The second kappa shape index (κ2) is 6.80. The lowest BCUT2D eigenvalue weighted by molar-refractivity contribution is 0.0945. The minimum absolute atomic E-state index is 0.315. The summed E-state index contributed by atoms with van der Waals surface area (Å²) in [5, 5.41) is 3.69. The number of nitrogens with one attached hydrogen (secondary N) is 1. The van der Waals surface area contributed by atoms with Gasteiger partial charge in [0.15, 0.2) is 0 Å². The fraction of sp³-hybridized carbons (Fsp3) is 0.667. The molecule has 0 saturated carbocycles. The second-order valence-corrected chi connectivity index (χ2v) is 6.38. The van der Waals surface area contributed by atoms with E-state index in [1.54, 1.807) is 0 Å². The van der Waals surface area contributed by atoms with Crippen LogP contribution in [0.3, 0.4) is 0 Å². The molecule has 0 aliphatic carbocycles. The Morgan fingerprint density at radius 2 is 2.29 bits per heavy atom. The highest BCUT2D eigenvalue weighted by Crippen LogP contribution is 2.33. The quantitative estimate of drug-likeness (QED) is 0.867. The van der Waals surface area contributed by atoms with Crippen LogP contribution in [0, 0.1) is 0 Å². The maximum atomic E-state index is 5.83. The maximum absolute atomic E-state index is 5.83. The highest BCUT2D eigenvalue weighted by Gasteiger charge is 2.24. The molecule has 1 fully saturated rings. The maximum Gasteiger partial charge on any atom is 0.123 e. The van der Waals surface area contributed by atoms with Gasteiger partial charge in [-0.1, -0.05) is 19.1 Å². The summed E-state index contributed by atoms with van der Waals surface area (Å²) in [7, 11) is 0. The van der Waals surface area contributed by atoms with Gasteiger partial charge in [-0.25, -0.2) is 0 Å². The van der Waals surface area contributed by atoms with Gasteiger partial charge in [0.2, 0.25) is 0 Å². The molecule has 0 amide bonds. The van der Waals surface area contributed by atoms with Gasteiger partial charge in [0.05, 0.1) is 6.10 Å². The molecule has 1 saturated heterocycles. The summed E-state index contributed by atoms with van der Waals surface area (Å²) in [6, 6.07) is 7.10. The average molecular weight is 289 g/mol. The first kappa shape index (κ1) is 14.9. The van der Waals surface area contributed by atoms with E-state index in [1.807, 2.05) is 0 Å². The minimum atomic E-state index is 0.315. The van der Waals surface area contributed by atoms with Crippen molar-refractivity contribution in [3.63, 3.8) is 0 Å². The summed E-state index contributed by atoms with van der Waals surface area (Å²) in [6.07, 6.45) is 6.42. The van der Waals surface area contributed by atoms with Gasteiger partial charge in [0.1, 0.15) is 11.9 Å². The van der Waals surface area contributed by atoms with E-state index >= 15 is 0 Å². The topological polar surface area (TPSA) is 30.5 Å². The molecule has 1 aromatic rings. The molecular weight excluding hydrogens is 262 g/mol. The van der Waals surface area contributed by atoms with Crippen molar-refractivity contribution in [1.29, 1.82) is 0 Å². The number of rotatable bonds is 6. The zero-order chi connectivity index (χ0) is 14.7. The third-order valence-electron chi connectivity index (χ3n) is 4.49. The van der Waals surface area contributed by atoms with Crippen LogP contribution in [0.2, 0.25) is 0 Å². The third kappa shape index (κ3) is 3.58. The largest absolute Gasteiger partial charge is 0.490 e. The molecular formula is C18H27NO2. The predicted octanol–water partition coefficient (Wildman–Crippen LogP) is 3.62. The van der Waals surface area contributed by atoms with Crippen molar-refractivity contribution in [2.45, 2.75) is 64.2 Å². The number of ether oxygens (including phenoxy) is 2. The van der Waals surface area contributed by atoms with E-state index in [4.69, 9.17) is 9.47 Å². The number of fused-ring (bicyclic) bond motifs is 1. The van der Waals surface area contributed by atoms with Crippen LogP contribution in [-0.4, -0.2) is 25.4 Å². The normalized spacial score (nSPS) is 25.6. The van der Waals surface area contributed by atoms with Crippen molar-refractivity contribution < 1.29 is 9.47 Å². The monoisotopic (exact) mass is 289 g/mol. The summed E-state index contributed by atoms with van der Waals surface area (Å²) in [6.45, 7) is 6.34. The SMILES string of the molecule is CCCNC(CC1CCCO1)c1ccc2c(c1)CC(C)O2. The van der Waals surface area contributed by atoms with E-state index in [1.165, 1.54) is 24.0 Å². The van der Waals surface area contributed by atoms with Crippen LogP contribution >= 0.6 is 0 Å². The van der Waals surface area contributed by atoms with Crippen LogP contribution in [0.25, 0.3) is 0 Å². The van der Waals surface area contributed by atoms with Gasteiger partial charge in [0, 0.05) is 19.1 Å². The Morgan fingerprint density at radius 1 is 1.38 bits per heavy atom. The lowest BCUT2D eigenvalue weighted by Crippen LogP contribution is -2.26. The molecule has 21 heavy (non-hydrogen) atoms. The van der Waals surface area contributed by atoms with Gasteiger partial charge in [-0.05, 0) is 56.3 Å². The molecule has 3 rings (SSSR count). The molecule has 1 N–H and O–H groups in total. The molecule has 2 aliphatic rings. The molecule has 0 aromatic heterocycles. The van der Waals surface area contributed by atoms with Crippen LogP contribution < -0.4 is 10.1 Å². The first-order chi connectivity index (χ1) is 10.3. The lowest BCUT2D eigenvalue weighted by atomic mass is 9.96. The zero-order valence-corrected chi connectivity index (χ0v) is 13.2. The summed E-state index contributed by atoms with van der Waals surface area (Å²) in [5.41, 5.74) is 2.74. The Kier molecular flexibility index (Phi) is 4.81. The summed E-state index contributed by atoms with van der Waals surface area (Å²) < 4.78 is 11.6. The van der Waals surface area contributed by atoms with Crippen molar-refractivity contribution in [2.75, 3.05) is 13.2 Å². The van der Waals surface area contributed by atoms with E-state index < -0.39 is 0 Å². The molecule has 3 atom stereocenters. The smallest absolute Gasteiger partial charge is 0.123 e. The molecule has 3 heteroatoms. The van der Waals surface area contributed by atoms with E-state index in [0.29, 0.717) is 18.2 Å². The molecule has 116 valence electrons. The lowest BCUT2D eigenvalue weighted by Gasteiger charge is -2.22. The summed E-state index contributed by atoms with van der Waals surface area (Å²) in [4.78, 5) is 0. The Balaban J connectivity index is 1.73. The van der Waals surface area contributed by atoms with E-state index in [9.17, 15) is 0 Å². The van der Waals surface area contributed by atoms with Crippen LogP contribution in [0.5, 0.6) is 5.75 Å². The van der Waals surface area contributed by atoms with Crippen molar-refractivity contribution >= 4 is 0 Å². The van der Waals surface area contributed by atoms with Crippen molar-refractivity contribution in [2.24, 2.45) is 0 Å². The second-order valence-electron chi connectivity index (χ2n) is 6.38. The van der Waals surface area contributed by atoms with Gasteiger partial charge in [0.25, 0.3) is 0 Å².